The molecule has 2 aliphatic carbocycles. The molecule has 0 radical (unpaired) electrons. The van der Waals surface area contributed by atoms with E-state index in [9.17, 15) is 22.6 Å². The molecule has 0 spiro atoms. The number of anilines is 4. The summed E-state index contributed by atoms with van der Waals surface area (Å²) in [5.41, 5.74) is 2.11. The number of hydrogen-bond donors (Lipinski definition) is 5. The fraction of sp³-hybridized carbons (Fsp3) is 0.542. The Kier molecular flexibility index (Phi) is 22.8. The van der Waals surface area contributed by atoms with Gasteiger partial charge in [0.1, 0.15) is 24.9 Å². The third-order valence-corrected chi connectivity index (χ3v) is 15.0. The first kappa shape index (κ1) is 56.8. The highest BCUT2D eigenvalue weighted by Crippen LogP contribution is 2.40. The number of aromatic nitrogens is 4. The highest BCUT2D eigenvalue weighted by Gasteiger charge is 2.36. The molecule has 6 atom stereocenters. The van der Waals surface area contributed by atoms with Gasteiger partial charge in [-0.1, -0.05) is 80.3 Å². The van der Waals surface area contributed by atoms with E-state index in [2.05, 4.69) is 71.6 Å². The second kappa shape index (κ2) is 28.8. The Balaban J connectivity index is 0.000000178. The van der Waals surface area contributed by atoms with E-state index in [-0.39, 0.29) is 40.2 Å². The number of nitrogens with one attached hydrogen (secondary N) is 4. The zero-order valence-corrected chi connectivity index (χ0v) is 44.6. The molecule has 5 N–H and O–H groups in total. The third-order valence-electron chi connectivity index (χ3n) is 12.0. The summed E-state index contributed by atoms with van der Waals surface area (Å²) in [5.74, 6) is 1.68. The maximum Gasteiger partial charge on any atom is 0.262 e. The molecule has 4 bridgehead atoms. The molecule has 6 unspecified atom stereocenters. The van der Waals surface area contributed by atoms with Crippen molar-refractivity contribution in [2.75, 3.05) is 36.3 Å². The largest absolute Gasteiger partial charge is 0.772 e. The van der Waals surface area contributed by atoms with E-state index in [0.717, 1.165) is 69.7 Å². The van der Waals surface area contributed by atoms with Crippen LogP contribution in [-0.4, -0.2) is 115 Å². The van der Waals surface area contributed by atoms with Crippen LogP contribution in [0.15, 0.2) is 49.1 Å². The van der Waals surface area contributed by atoms with Gasteiger partial charge in [-0.3, -0.25) is 8.42 Å². The third kappa shape index (κ3) is 17.9. The average Bonchev–Trinajstić information content (AvgIpc) is 4.32. The molecule has 6 heterocycles. The summed E-state index contributed by atoms with van der Waals surface area (Å²) in [6.07, 6.45) is 15.9. The van der Waals surface area contributed by atoms with E-state index in [1.165, 1.54) is 38.3 Å². The Labute approximate surface area is 444 Å². The van der Waals surface area contributed by atoms with E-state index in [0.29, 0.717) is 81.0 Å². The zero-order valence-electron chi connectivity index (χ0n) is 39.9. The lowest BCUT2D eigenvalue weighted by molar-refractivity contribution is 0.125. The van der Waals surface area contributed by atoms with Crippen molar-refractivity contribution in [3.8, 4) is 23.3 Å². The molecule has 24 heteroatoms. The van der Waals surface area contributed by atoms with Crippen LogP contribution in [0.4, 0.5) is 34.4 Å². The highest BCUT2D eigenvalue weighted by molar-refractivity contribution is 9.09. The number of rotatable bonds is 15. The van der Waals surface area contributed by atoms with Crippen molar-refractivity contribution in [2.24, 2.45) is 0 Å². The van der Waals surface area contributed by atoms with E-state index >= 15 is 0 Å². The molecule has 2 aromatic heterocycles. The number of fused-ring (bicyclic) bond motifs is 4. The van der Waals surface area contributed by atoms with Crippen LogP contribution in [0.2, 0.25) is 10.0 Å². The first-order chi connectivity index (χ1) is 34.8. The Morgan fingerprint density at radius 3 is 1.54 bits per heavy atom. The van der Waals surface area contributed by atoms with E-state index < -0.39 is 22.2 Å². The van der Waals surface area contributed by atoms with Crippen molar-refractivity contribution in [1.29, 1.82) is 0 Å². The molecule has 2 aromatic carbocycles. The second-order valence-corrected chi connectivity index (χ2v) is 21.7. The van der Waals surface area contributed by atoms with Gasteiger partial charge < -0.3 is 54.4 Å². The fourth-order valence-electron chi connectivity index (χ4n) is 8.13. The molecular formula is C48H59BrCl2N10O9S2-2. The zero-order chi connectivity index (χ0) is 51.6. The molecule has 390 valence electrons. The highest BCUT2D eigenvalue weighted by atomic mass is 79.9. The number of methoxy groups -OCH3 is 1. The van der Waals surface area contributed by atoms with Crippen molar-refractivity contribution in [1.82, 2.24) is 30.6 Å². The average molecular weight is 1140 g/mol. The molecule has 0 amide bonds. The maximum absolute atomic E-state index is 10.5. The number of ether oxygens (including phenoxy) is 4. The van der Waals surface area contributed by atoms with Gasteiger partial charge in [-0.15, -0.1) is 0 Å². The number of hydrogen-bond acceptors (Lipinski definition) is 17. The Morgan fingerprint density at radius 2 is 1.17 bits per heavy atom. The smallest absolute Gasteiger partial charge is 0.262 e. The van der Waals surface area contributed by atoms with Crippen molar-refractivity contribution < 1.29 is 41.6 Å². The minimum Gasteiger partial charge on any atom is -0.772 e. The van der Waals surface area contributed by atoms with Gasteiger partial charge in [-0.25, -0.2) is 19.7 Å². The van der Waals surface area contributed by atoms with Crippen LogP contribution < -0.4 is 35.5 Å². The number of piperidine rings is 2. The summed E-state index contributed by atoms with van der Waals surface area (Å²) in [7, 11) is 1.68. The summed E-state index contributed by atoms with van der Waals surface area (Å²) >= 11 is 12.2. The van der Waals surface area contributed by atoms with Gasteiger partial charge >= 0.3 is 0 Å². The first-order valence-corrected chi connectivity index (χ1v) is 27.9. The van der Waals surface area contributed by atoms with E-state index in [4.69, 9.17) is 50.6 Å². The predicted octanol–water partition coefficient (Wildman–Crippen LogP) is 9.75. The van der Waals surface area contributed by atoms with Crippen LogP contribution in [-0.2, 0) is 26.9 Å². The summed E-state index contributed by atoms with van der Waals surface area (Å²) in [6, 6.07) is 12.0. The van der Waals surface area contributed by atoms with Gasteiger partial charge in [-0.05, 0) is 108 Å². The number of alkyl halides is 1. The molecule has 4 saturated heterocycles. The van der Waals surface area contributed by atoms with Crippen LogP contribution in [0.1, 0.15) is 90.4 Å². The Hall–Kier alpha value is -4.46. The van der Waals surface area contributed by atoms with Crippen molar-refractivity contribution in [3.05, 3.63) is 81.9 Å². The summed E-state index contributed by atoms with van der Waals surface area (Å²) in [6.45, 7) is 17.5. The van der Waals surface area contributed by atoms with E-state index in [1.807, 2.05) is 6.92 Å². The summed E-state index contributed by atoms with van der Waals surface area (Å²) in [5, 5.41) is 25.6. The topological polar surface area (TPSA) is 246 Å². The van der Waals surface area contributed by atoms with E-state index in [1.54, 1.807) is 43.5 Å². The monoisotopic (exact) mass is 1130 g/mol. The van der Waals surface area contributed by atoms with Gasteiger partial charge in [0.2, 0.25) is 11.5 Å². The van der Waals surface area contributed by atoms with Crippen molar-refractivity contribution in [3.63, 3.8) is 0 Å². The second-order valence-electron chi connectivity index (χ2n) is 17.7. The molecule has 4 aliphatic heterocycles. The molecule has 4 aromatic rings. The maximum atomic E-state index is 10.5. The lowest BCUT2D eigenvalue weighted by atomic mass is 10.0. The van der Waals surface area contributed by atoms with Crippen LogP contribution in [0.25, 0.3) is 9.69 Å². The molecule has 19 nitrogen and oxygen atoms in total. The van der Waals surface area contributed by atoms with Crippen LogP contribution in [0.5, 0.6) is 23.3 Å². The SMILES string of the molecule is COCCBr.O=S([O-])C1CC1.O=S([O-])C1CC1.[C-]#[N+]c1ccc(Nc2ncnc(OC3CC4CCC(C3)N4)c2O)c(Cl)c1.[C-]#[N+]c1ccc(Nc2ncnc(OC3CC4CCC(C3)N4)c2OCCC)c(Cl)c1. The van der Waals surface area contributed by atoms with Gasteiger partial charge in [0.15, 0.2) is 23.0 Å². The van der Waals surface area contributed by atoms with Crippen molar-refractivity contribution >= 4 is 95.7 Å². The molecule has 72 heavy (non-hydrogen) atoms. The fourth-order valence-corrected chi connectivity index (χ4v) is 9.94. The van der Waals surface area contributed by atoms with Gasteiger partial charge in [0.05, 0.1) is 47.8 Å². The summed E-state index contributed by atoms with van der Waals surface area (Å²) < 4.78 is 61.9. The number of benzene rings is 2. The number of aromatic hydroxyl groups is 1. The molecule has 10 rings (SSSR count). The van der Waals surface area contributed by atoms with Crippen LogP contribution in [0.3, 0.4) is 0 Å². The molecule has 2 saturated carbocycles. The normalized spacial score (nSPS) is 22.9. The van der Waals surface area contributed by atoms with Crippen LogP contribution in [0, 0.1) is 13.1 Å². The lowest BCUT2D eigenvalue weighted by Crippen LogP contribution is -2.42. The van der Waals surface area contributed by atoms with Crippen LogP contribution >= 0.6 is 39.1 Å². The van der Waals surface area contributed by atoms with Gasteiger partial charge in [0.25, 0.3) is 11.8 Å². The summed E-state index contributed by atoms with van der Waals surface area (Å²) in [4.78, 5) is 23.6. The quantitative estimate of drug-likeness (QED) is 0.0422. The van der Waals surface area contributed by atoms with Gasteiger partial charge in [-0.2, -0.15) is 9.97 Å². The molecule has 6 fully saturated rings. The number of halogens is 3. The minimum absolute atomic E-state index is 0.0185. The molecular weight excluding hydrogens is 1080 g/mol. The Bertz CT molecular complexity index is 2490. The lowest BCUT2D eigenvalue weighted by Gasteiger charge is -2.29. The van der Waals surface area contributed by atoms with Crippen molar-refractivity contribution in [2.45, 2.75) is 137 Å². The number of nitrogens with zero attached hydrogens (tertiary/aromatic N) is 6. The predicted molar refractivity (Wildman–Crippen MR) is 280 cm³/mol. The standard InChI is InChI=1S/C21H24ClN5O2.C18H18ClN5O2.C3H7BrO.2C3H6O2S/c1-3-8-28-19-20(27-18-7-6-13(23-2)11-17(18)22)24-12-25-21(19)29-16-9-14-4-5-15(10-16)26-14;1-20-10-4-5-15(14(19)8-10)24-17-16(25)18(22-9-21-17)26-13-6-11-2-3-12(7-13)23-11;1-5-3-2-4;2*4-6(5)3-1-2-3/h6-7,11-12,14-16,26H,3-5,8-10H2,1H3,(H,24,25,27);4-5,8-9,11-13,23,25H,2-3,6-7H2,(H,21,22,24);2-3H2,1H3;2*3H,1-2H2,(H,4,5)/p-2. The van der Waals surface area contributed by atoms with Gasteiger partial charge in [0, 0.05) is 47.1 Å². The minimum atomic E-state index is -1.76. The Morgan fingerprint density at radius 1 is 0.722 bits per heavy atom. The first-order valence-electron chi connectivity index (χ1n) is 23.8. The molecule has 6 aliphatic rings.